The molecule has 0 fully saturated rings. The monoisotopic (exact) mass is 199 g/mol. The molecule has 2 heteroatoms. The lowest BCUT2D eigenvalue weighted by Crippen LogP contribution is -2.28. The molecule has 0 unspecified atom stereocenters. The Bertz CT molecular complexity index is 154. The Morgan fingerprint density at radius 1 is 1.07 bits per heavy atom. The van der Waals surface area contributed by atoms with Gasteiger partial charge in [-0.25, -0.2) is 0 Å². The minimum Gasteiger partial charge on any atom is -0.356 e. The van der Waals surface area contributed by atoms with Crippen LogP contribution in [0.1, 0.15) is 47.5 Å². The van der Waals surface area contributed by atoms with E-state index in [0.29, 0.717) is 17.8 Å². The van der Waals surface area contributed by atoms with Crippen molar-refractivity contribution in [3.8, 4) is 0 Å². The molecule has 0 aromatic carbocycles. The van der Waals surface area contributed by atoms with Crippen LogP contribution in [-0.4, -0.2) is 12.5 Å². The molecule has 0 aromatic heterocycles. The molecule has 14 heavy (non-hydrogen) atoms. The van der Waals surface area contributed by atoms with E-state index in [-0.39, 0.29) is 5.91 Å². The zero-order valence-corrected chi connectivity index (χ0v) is 10.3. The number of carbonyl (C=O) groups is 1. The highest BCUT2D eigenvalue weighted by Crippen LogP contribution is 2.19. The molecule has 0 saturated carbocycles. The number of hydrogen-bond acceptors (Lipinski definition) is 1. The van der Waals surface area contributed by atoms with Crippen LogP contribution in [0.4, 0.5) is 0 Å². The third-order valence-electron chi connectivity index (χ3n) is 2.25. The molecule has 2 nitrogen and oxygen atoms in total. The standard InChI is InChI=1S/C12H25NO/c1-9(2)6-12(7-10(3)4)8-13-11(5)14/h9-10,12H,6-8H2,1-5H3,(H,13,14). The van der Waals surface area contributed by atoms with E-state index in [0.717, 1.165) is 6.54 Å². The molecule has 0 saturated heterocycles. The van der Waals surface area contributed by atoms with Crippen molar-refractivity contribution in [1.29, 1.82) is 0 Å². The molecule has 0 atom stereocenters. The number of rotatable bonds is 6. The number of carbonyl (C=O) groups excluding carboxylic acids is 1. The van der Waals surface area contributed by atoms with Crippen LogP contribution in [0.3, 0.4) is 0 Å². The summed E-state index contributed by atoms with van der Waals surface area (Å²) < 4.78 is 0. The summed E-state index contributed by atoms with van der Waals surface area (Å²) in [5.74, 6) is 2.15. The molecule has 1 N–H and O–H groups in total. The van der Waals surface area contributed by atoms with E-state index in [1.54, 1.807) is 6.92 Å². The fraction of sp³-hybridized carbons (Fsp3) is 0.917. The van der Waals surface area contributed by atoms with Gasteiger partial charge in [0.25, 0.3) is 0 Å². The smallest absolute Gasteiger partial charge is 0.216 e. The second-order valence-electron chi connectivity index (χ2n) is 5.06. The summed E-state index contributed by atoms with van der Waals surface area (Å²) in [6, 6.07) is 0. The third kappa shape index (κ3) is 8.09. The van der Waals surface area contributed by atoms with Gasteiger partial charge >= 0.3 is 0 Å². The van der Waals surface area contributed by atoms with Crippen molar-refractivity contribution in [2.24, 2.45) is 17.8 Å². The van der Waals surface area contributed by atoms with Gasteiger partial charge in [0.05, 0.1) is 0 Å². The van der Waals surface area contributed by atoms with E-state index in [4.69, 9.17) is 0 Å². The van der Waals surface area contributed by atoms with Crippen molar-refractivity contribution in [2.75, 3.05) is 6.54 Å². The molecular weight excluding hydrogens is 174 g/mol. The zero-order valence-electron chi connectivity index (χ0n) is 10.3. The van der Waals surface area contributed by atoms with E-state index >= 15 is 0 Å². The van der Waals surface area contributed by atoms with E-state index in [1.165, 1.54) is 12.8 Å². The molecule has 0 radical (unpaired) electrons. The normalized spacial score (nSPS) is 11.4. The summed E-state index contributed by atoms with van der Waals surface area (Å²) in [6.45, 7) is 11.4. The first-order chi connectivity index (χ1) is 6.41. The van der Waals surface area contributed by atoms with Gasteiger partial charge in [0.1, 0.15) is 0 Å². The van der Waals surface area contributed by atoms with Crippen LogP contribution in [0.5, 0.6) is 0 Å². The Kier molecular flexibility index (Phi) is 6.60. The van der Waals surface area contributed by atoms with Crippen LogP contribution >= 0.6 is 0 Å². The molecule has 0 aromatic rings. The molecule has 1 amide bonds. The average molecular weight is 199 g/mol. The Hall–Kier alpha value is -0.530. The first-order valence-corrected chi connectivity index (χ1v) is 5.66. The summed E-state index contributed by atoms with van der Waals surface area (Å²) in [6.07, 6.45) is 2.41. The summed E-state index contributed by atoms with van der Waals surface area (Å²) in [4.78, 5) is 10.8. The first-order valence-electron chi connectivity index (χ1n) is 5.66. The van der Waals surface area contributed by atoms with Gasteiger partial charge in [-0.15, -0.1) is 0 Å². The van der Waals surface area contributed by atoms with E-state index in [1.807, 2.05) is 0 Å². The van der Waals surface area contributed by atoms with Crippen molar-refractivity contribution >= 4 is 5.91 Å². The molecule has 84 valence electrons. The Labute approximate surface area is 88.5 Å². The maximum atomic E-state index is 10.8. The van der Waals surface area contributed by atoms with E-state index < -0.39 is 0 Å². The fourth-order valence-corrected chi connectivity index (χ4v) is 1.88. The minimum atomic E-state index is 0.0857. The molecule has 0 aliphatic rings. The van der Waals surface area contributed by atoms with Gasteiger partial charge in [-0.05, 0) is 30.6 Å². The second kappa shape index (κ2) is 6.86. The molecule has 0 spiro atoms. The van der Waals surface area contributed by atoms with E-state index in [9.17, 15) is 4.79 Å². The highest BCUT2D eigenvalue weighted by atomic mass is 16.1. The predicted octanol–water partition coefficient (Wildman–Crippen LogP) is 2.83. The summed E-state index contributed by atoms with van der Waals surface area (Å²) in [7, 11) is 0. The number of amides is 1. The van der Waals surface area contributed by atoms with Crippen molar-refractivity contribution in [3.05, 3.63) is 0 Å². The lowest BCUT2D eigenvalue weighted by atomic mass is 9.89. The van der Waals surface area contributed by atoms with Crippen LogP contribution in [0.25, 0.3) is 0 Å². The largest absolute Gasteiger partial charge is 0.356 e. The third-order valence-corrected chi connectivity index (χ3v) is 2.25. The average Bonchev–Trinajstić information content (AvgIpc) is 1.97. The SMILES string of the molecule is CC(=O)NCC(CC(C)C)CC(C)C. The Morgan fingerprint density at radius 3 is 1.79 bits per heavy atom. The second-order valence-corrected chi connectivity index (χ2v) is 5.06. The van der Waals surface area contributed by atoms with Gasteiger partial charge in [0.15, 0.2) is 0 Å². The topological polar surface area (TPSA) is 29.1 Å². The minimum absolute atomic E-state index is 0.0857. The van der Waals surface area contributed by atoms with Crippen LogP contribution in [0.2, 0.25) is 0 Å². The van der Waals surface area contributed by atoms with Crippen LogP contribution in [0, 0.1) is 17.8 Å². The highest BCUT2D eigenvalue weighted by molar-refractivity contribution is 5.72. The van der Waals surface area contributed by atoms with E-state index in [2.05, 4.69) is 33.0 Å². The zero-order chi connectivity index (χ0) is 11.1. The number of hydrogen-bond donors (Lipinski definition) is 1. The fourth-order valence-electron chi connectivity index (χ4n) is 1.88. The lowest BCUT2D eigenvalue weighted by Gasteiger charge is -2.21. The molecular formula is C12H25NO. The molecule has 0 rings (SSSR count). The molecule has 0 aliphatic heterocycles. The summed E-state index contributed by atoms with van der Waals surface area (Å²) in [5, 5.41) is 2.92. The van der Waals surface area contributed by atoms with Crippen molar-refractivity contribution in [1.82, 2.24) is 5.32 Å². The molecule has 0 bridgehead atoms. The summed E-state index contributed by atoms with van der Waals surface area (Å²) >= 11 is 0. The lowest BCUT2D eigenvalue weighted by molar-refractivity contribution is -0.119. The molecule has 0 heterocycles. The van der Waals surface area contributed by atoms with Gasteiger partial charge < -0.3 is 5.32 Å². The van der Waals surface area contributed by atoms with Crippen LogP contribution in [0.15, 0.2) is 0 Å². The summed E-state index contributed by atoms with van der Waals surface area (Å²) in [5.41, 5.74) is 0. The highest BCUT2D eigenvalue weighted by Gasteiger charge is 2.12. The predicted molar refractivity (Wildman–Crippen MR) is 61.1 cm³/mol. The van der Waals surface area contributed by atoms with Gasteiger partial charge in [-0.1, -0.05) is 27.7 Å². The van der Waals surface area contributed by atoms with Crippen molar-refractivity contribution in [3.63, 3.8) is 0 Å². The Morgan fingerprint density at radius 2 is 1.50 bits per heavy atom. The quantitative estimate of drug-likeness (QED) is 0.700. The van der Waals surface area contributed by atoms with Crippen molar-refractivity contribution < 1.29 is 4.79 Å². The Balaban J connectivity index is 3.90. The van der Waals surface area contributed by atoms with Gasteiger partial charge in [-0.2, -0.15) is 0 Å². The number of nitrogens with one attached hydrogen (secondary N) is 1. The van der Waals surface area contributed by atoms with Crippen LogP contribution < -0.4 is 5.32 Å². The van der Waals surface area contributed by atoms with Gasteiger partial charge in [-0.3, -0.25) is 4.79 Å². The van der Waals surface area contributed by atoms with Crippen LogP contribution in [-0.2, 0) is 4.79 Å². The van der Waals surface area contributed by atoms with Gasteiger partial charge in [0.2, 0.25) is 5.91 Å². The van der Waals surface area contributed by atoms with Gasteiger partial charge in [0, 0.05) is 13.5 Å². The maximum absolute atomic E-state index is 10.8. The maximum Gasteiger partial charge on any atom is 0.216 e. The van der Waals surface area contributed by atoms with Crippen molar-refractivity contribution in [2.45, 2.75) is 47.5 Å². The molecule has 0 aliphatic carbocycles. The first kappa shape index (κ1) is 13.5.